The molecule has 3 aliphatic rings. The molecule has 1 heterocycles. The number of hydrogen-bond donors (Lipinski definition) is 1. The number of hydrogen-bond acceptors (Lipinski definition) is 2. The quantitative estimate of drug-likeness (QED) is 0.698. The first-order valence-electron chi connectivity index (χ1n) is 9.66. The summed E-state index contributed by atoms with van der Waals surface area (Å²) in [5.41, 5.74) is 3.39. The number of allylic oxidation sites excluding steroid dienone is 2. The Morgan fingerprint density at radius 2 is 1.93 bits per heavy atom. The SMILES string of the molecule is CC1C=C2CC(C2)CC(C)(NC(=O)c2cccc(-c3ccccc3Cl)n2)C1. The number of carbonyl (C=O) groups excluding carboxylic acids is 1. The van der Waals surface area contributed by atoms with E-state index in [1.165, 1.54) is 12.8 Å². The molecule has 27 heavy (non-hydrogen) atoms. The van der Waals surface area contributed by atoms with E-state index < -0.39 is 0 Å². The monoisotopic (exact) mass is 380 g/mol. The zero-order valence-corrected chi connectivity index (χ0v) is 16.6. The fourth-order valence-corrected chi connectivity index (χ4v) is 4.91. The average Bonchev–Trinajstić information content (AvgIpc) is 2.58. The number of benzene rings is 1. The van der Waals surface area contributed by atoms with Gasteiger partial charge in [0.15, 0.2) is 0 Å². The molecule has 1 aromatic carbocycles. The van der Waals surface area contributed by atoms with Gasteiger partial charge in [-0.2, -0.15) is 0 Å². The average molecular weight is 381 g/mol. The molecule has 1 N–H and O–H groups in total. The van der Waals surface area contributed by atoms with E-state index in [9.17, 15) is 4.79 Å². The first kappa shape index (κ1) is 18.2. The molecule has 0 aliphatic heterocycles. The van der Waals surface area contributed by atoms with Gasteiger partial charge in [0.1, 0.15) is 5.69 Å². The zero-order chi connectivity index (χ0) is 19.0. The van der Waals surface area contributed by atoms with Crippen molar-refractivity contribution in [1.82, 2.24) is 10.3 Å². The number of nitrogens with zero attached hydrogens (tertiary/aromatic N) is 1. The molecular weight excluding hydrogens is 356 g/mol. The van der Waals surface area contributed by atoms with Crippen molar-refractivity contribution in [1.29, 1.82) is 0 Å². The predicted molar refractivity (Wildman–Crippen MR) is 110 cm³/mol. The maximum Gasteiger partial charge on any atom is 0.270 e. The smallest absolute Gasteiger partial charge is 0.270 e. The van der Waals surface area contributed by atoms with Gasteiger partial charge in [-0.1, -0.05) is 54.4 Å². The lowest BCUT2D eigenvalue weighted by Gasteiger charge is -2.43. The molecule has 2 unspecified atom stereocenters. The fourth-order valence-electron chi connectivity index (χ4n) is 4.67. The van der Waals surface area contributed by atoms with Crippen molar-refractivity contribution in [2.75, 3.05) is 0 Å². The van der Waals surface area contributed by atoms with Crippen LogP contribution in [0.3, 0.4) is 0 Å². The first-order chi connectivity index (χ1) is 12.9. The van der Waals surface area contributed by atoms with Crippen LogP contribution >= 0.6 is 11.6 Å². The van der Waals surface area contributed by atoms with E-state index in [0.29, 0.717) is 22.6 Å². The van der Waals surface area contributed by atoms with Crippen molar-refractivity contribution in [3.05, 3.63) is 64.8 Å². The third-order valence-corrected chi connectivity index (χ3v) is 6.01. The summed E-state index contributed by atoms with van der Waals surface area (Å²) in [5, 5.41) is 3.93. The highest BCUT2D eigenvalue weighted by molar-refractivity contribution is 6.33. The molecule has 1 aromatic heterocycles. The van der Waals surface area contributed by atoms with Crippen LogP contribution in [0.4, 0.5) is 0 Å². The Bertz CT molecular complexity index is 899. The van der Waals surface area contributed by atoms with E-state index in [-0.39, 0.29) is 11.4 Å². The normalized spacial score (nSPS) is 27.0. The van der Waals surface area contributed by atoms with Crippen LogP contribution in [0.1, 0.15) is 50.0 Å². The molecule has 1 fully saturated rings. The zero-order valence-electron chi connectivity index (χ0n) is 15.8. The second kappa shape index (κ2) is 7.12. The van der Waals surface area contributed by atoms with Crippen LogP contribution in [0, 0.1) is 11.8 Å². The summed E-state index contributed by atoms with van der Waals surface area (Å²) in [4.78, 5) is 17.6. The molecular formula is C23H25ClN2O. The lowest BCUT2D eigenvalue weighted by atomic mass is 9.67. The molecule has 2 atom stereocenters. The third-order valence-electron chi connectivity index (χ3n) is 5.68. The van der Waals surface area contributed by atoms with E-state index in [4.69, 9.17) is 11.6 Å². The van der Waals surface area contributed by atoms with Gasteiger partial charge in [0, 0.05) is 16.1 Å². The Labute approximate surface area is 165 Å². The van der Waals surface area contributed by atoms with Gasteiger partial charge in [-0.05, 0) is 62.6 Å². The first-order valence-corrected chi connectivity index (χ1v) is 10.0. The summed E-state index contributed by atoms with van der Waals surface area (Å²) in [7, 11) is 0. The lowest BCUT2D eigenvalue weighted by Crippen LogP contribution is -2.50. The predicted octanol–water partition coefficient (Wildman–Crippen LogP) is 5.66. The molecule has 0 saturated heterocycles. The highest BCUT2D eigenvalue weighted by atomic mass is 35.5. The van der Waals surface area contributed by atoms with E-state index in [0.717, 1.165) is 24.1 Å². The minimum Gasteiger partial charge on any atom is -0.346 e. The number of halogens is 1. The summed E-state index contributed by atoms with van der Waals surface area (Å²) in [5.74, 6) is 1.06. The van der Waals surface area contributed by atoms with Gasteiger partial charge in [-0.25, -0.2) is 4.98 Å². The van der Waals surface area contributed by atoms with Gasteiger partial charge >= 0.3 is 0 Å². The molecule has 3 nitrogen and oxygen atoms in total. The Kier molecular flexibility index (Phi) is 4.81. The van der Waals surface area contributed by atoms with Crippen molar-refractivity contribution < 1.29 is 4.79 Å². The van der Waals surface area contributed by atoms with Gasteiger partial charge < -0.3 is 5.32 Å². The number of aromatic nitrogens is 1. The Balaban J connectivity index is 1.55. The molecule has 140 valence electrons. The number of nitrogens with one attached hydrogen (secondary N) is 1. The van der Waals surface area contributed by atoms with Crippen molar-refractivity contribution in [2.45, 2.75) is 45.1 Å². The highest BCUT2D eigenvalue weighted by Crippen LogP contribution is 2.43. The highest BCUT2D eigenvalue weighted by Gasteiger charge is 2.37. The molecule has 2 bridgehead atoms. The van der Waals surface area contributed by atoms with Gasteiger partial charge in [0.05, 0.1) is 5.69 Å². The van der Waals surface area contributed by atoms with Gasteiger partial charge in [-0.3, -0.25) is 4.79 Å². The second-order valence-corrected chi connectivity index (χ2v) is 8.79. The number of carbonyl (C=O) groups is 1. The Morgan fingerprint density at radius 3 is 2.70 bits per heavy atom. The van der Waals surface area contributed by atoms with E-state index in [1.807, 2.05) is 36.4 Å². The minimum absolute atomic E-state index is 0.109. The van der Waals surface area contributed by atoms with Crippen LogP contribution in [0.2, 0.25) is 5.02 Å². The summed E-state index contributed by atoms with van der Waals surface area (Å²) < 4.78 is 0. The summed E-state index contributed by atoms with van der Waals surface area (Å²) >= 11 is 6.29. The lowest BCUT2D eigenvalue weighted by molar-refractivity contribution is 0.0861. The second-order valence-electron chi connectivity index (χ2n) is 8.39. The van der Waals surface area contributed by atoms with Crippen LogP contribution in [0.5, 0.6) is 0 Å². The number of pyridine rings is 1. The maximum atomic E-state index is 13.0. The van der Waals surface area contributed by atoms with E-state index in [2.05, 4.69) is 30.2 Å². The number of fused-ring (bicyclic) bond motifs is 4. The molecule has 3 aliphatic carbocycles. The number of amides is 1. The van der Waals surface area contributed by atoms with E-state index >= 15 is 0 Å². The fraction of sp³-hybridized carbons (Fsp3) is 0.391. The standard InChI is InChI=1S/C23H25ClN2O/c1-15-10-16-11-17(12-16)14-23(2,13-15)26-22(27)21-9-5-8-20(25-21)18-6-3-4-7-19(18)24/h3-10,15,17H,11-14H2,1-2H3,(H,26,27). The Morgan fingerprint density at radius 1 is 1.15 bits per heavy atom. The molecule has 0 radical (unpaired) electrons. The largest absolute Gasteiger partial charge is 0.346 e. The summed E-state index contributed by atoms with van der Waals surface area (Å²) in [6.07, 6.45) is 6.77. The van der Waals surface area contributed by atoms with Crippen molar-refractivity contribution in [3.63, 3.8) is 0 Å². The van der Waals surface area contributed by atoms with Crippen molar-refractivity contribution >= 4 is 17.5 Å². The van der Waals surface area contributed by atoms with Crippen molar-refractivity contribution in [2.24, 2.45) is 11.8 Å². The van der Waals surface area contributed by atoms with E-state index in [1.54, 1.807) is 11.6 Å². The van der Waals surface area contributed by atoms with Gasteiger partial charge in [-0.15, -0.1) is 0 Å². The van der Waals surface area contributed by atoms with Crippen LogP contribution in [-0.2, 0) is 0 Å². The summed E-state index contributed by atoms with van der Waals surface area (Å²) in [6.45, 7) is 4.42. The summed E-state index contributed by atoms with van der Waals surface area (Å²) in [6, 6.07) is 13.1. The van der Waals surface area contributed by atoms with Gasteiger partial charge in [0.2, 0.25) is 0 Å². The van der Waals surface area contributed by atoms with Crippen LogP contribution in [0.25, 0.3) is 11.3 Å². The molecule has 1 amide bonds. The molecule has 4 heteroatoms. The van der Waals surface area contributed by atoms with Crippen molar-refractivity contribution in [3.8, 4) is 11.3 Å². The maximum absolute atomic E-state index is 13.0. The van der Waals surface area contributed by atoms with Crippen LogP contribution in [0.15, 0.2) is 54.1 Å². The van der Waals surface area contributed by atoms with Crippen LogP contribution < -0.4 is 5.32 Å². The number of rotatable bonds is 3. The third kappa shape index (κ3) is 3.93. The molecule has 5 rings (SSSR count). The minimum atomic E-state index is -0.203. The van der Waals surface area contributed by atoms with Crippen LogP contribution in [-0.4, -0.2) is 16.4 Å². The molecule has 0 spiro atoms. The van der Waals surface area contributed by atoms with Gasteiger partial charge in [0.25, 0.3) is 5.91 Å². The molecule has 1 saturated carbocycles. The Hall–Kier alpha value is -2.13. The molecule has 2 aromatic rings. The topological polar surface area (TPSA) is 42.0 Å².